The van der Waals surface area contributed by atoms with Crippen LogP contribution in [0, 0.1) is 0 Å². The highest BCUT2D eigenvalue weighted by atomic mass is 32.2. The van der Waals surface area contributed by atoms with Crippen molar-refractivity contribution in [2.75, 3.05) is 19.3 Å². The van der Waals surface area contributed by atoms with Crippen molar-refractivity contribution in [3.05, 3.63) is 0 Å². The molecule has 0 saturated carbocycles. The number of nitrogens with one attached hydrogen (secondary N) is 1. The lowest BCUT2D eigenvalue weighted by Gasteiger charge is -2.47. The van der Waals surface area contributed by atoms with Gasteiger partial charge in [0.1, 0.15) is 0 Å². The Balaban J connectivity index is 1.68. The molecule has 2 nitrogen and oxygen atoms in total. The third-order valence-corrected chi connectivity index (χ3v) is 5.68. The summed E-state index contributed by atoms with van der Waals surface area (Å²) in [6, 6.07) is 2.48. The van der Waals surface area contributed by atoms with Gasteiger partial charge in [-0.3, -0.25) is 0 Å². The van der Waals surface area contributed by atoms with Crippen LogP contribution in [0.1, 0.15) is 52.9 Å². The minimum absolute atomic E-state index is 0.408. The topological polar surface area (TPSA) is 15.3 Å². The van der Waals surface area contributed by atoms with Crippen molar-refractivity contribution in [1.29, 1.82) is 0 Å². The highest BCUT2D eigenvalue weighted by molar-refractivity contribution is 8.00. The third kappa shape index (κ3) is 4.14. The highest BCUT2D eigenvalue weighted by Crippen LogP contribution is 2.32. The van der Waals surface area contributed by atoms with Gasteiger partial charge in [-0.25, -0.2) is 0 Å². The quantitative estimate of drug-likeness (QED) is 0.790. The summed E-state index contributed by atoms with van der Waals surface area (Å²) >= 11 is 2.07. The van der Waals surface area contributed by atoms with Crippen LogP contribution in [0.3, 0.4) is 0 Å². The molecule has 2 heterocycles. The molecule has 2 atom stereocenters. The molecule has 0 aliphatic carbocycles. The molecule has 18 heavy (non-hydrogen) atoms. The zero-order chi connectivity index (χ0) is 13.2. The van der Waals surface area contributed by atoms with Crippen LogP contribution < -0.4 is 5.32 Å². The van der Waals surface area contributed by atoms with Crippen LogP contribution in [0.25, 0.3) is 0 Å². The molecule has 106 valence electrons. The highest BCUT2D eigenvalue weighted by Gasteiger charge is 2.35. The lowest BCUT2D eigenvalue weighted by molar-refractivity contribution is 0.0491. The maximum atomic E-state index is 3.80. The zero-order valence-electron chi connectivity index (χ0n) is 12.5. The fraction of sp³-hybridized carbons (Fsp3) is 1.00. The molecule has 1 N–H and O–H groups in total. The largest absolute Gasteiger partial charge is 0.313 e. The van der Waals surface area contributed by atoms with E-state index in [0.717, 1.165) is 18.1 Å². The Kier molecular flexibility index (Phi) is 5.01. The Hall–Kier alpha value is 0.270. The van der Waals surface area contributed by atoms with Crippen LogP contribution in [0.2, 0.25) is 0 Å². The first kappa shape index (κ1) is 14.7. The standard InChI is InChI=1S/C15H30N2S/c1-15(2,3)18-9-8-16-12-10-13-6-5-7-14(11-12)17(13)4/h12-14,16H,5-11H2,1-4H3. The second-order valence-corrected chi connectivity index (χ2v) is 8.91. The molecule has 2 bridgehead atoms. The third-order valence-electron chi connectivity index (χ3n) is 4.41. The fourth-order valence-corrected chi connectivity index (χ4v) is 4.24. The van der Waals surface area contributed by atoms with Crippen LogP contribution in [0.15, 0.2) is 0 Å². The lowest BCUT2D eigenvalue weighted by atomic mass is 9.82. The molecule has 2 rings (SSSR count). The van der Waals surface area contributed by atoms with Gasteiger partial charge in [0.05, 0.1) is 0 Å². The summed E-state index contributed by atoms with van der Waals surface area (Å²) < 4.78 is 0.408. The van der Waals surface area contributed by atoms with Gasteiger partial charge in [0.15, 0.2) is 0 Å². The lowest BCUT2D eigenvalue weighted by Crippen LogP contribution is -2.54. The molecule has 0 radical (unpaired) electrons. The number of hydrogen-bond acceptors (Lipinski definition) is 3. The molecule has 2 fully saturated rings. The molecule has 2 unspecified atom stereocenters. The Bertz CT molecular complexity index is 248. The van der Waals surface area contributed by atoms with Crippen LogP contribution >= 0.6 is 11.8 Å². The van der Waals surface area contributed by atoms with E-state index in [1.54, 1.807) is 0 Å². The van der Waals surface area contributed by atoms with E-state index >= 15 is 0 Å². The molecule has 0 aromatic heterocycles. The van der Waals surface area contributed by atoms with Crippen molar-refractivity contribution in [1.82, 2.24) is 10.2 Å². The molecule has 0 amide bonds. The van der Waals surface area contributed by atoms with E-state index in [4.69, 9.17) is 0 Å². The molecule has 0 aromatic carbocycles. The molecular formula is C15H30N2S. The Morgan fingerprint density at radius 2 is 1.78 bits per heavy atom. The first-order chi connectivity index (χ1) is 8.46. The van der Waals surface area contributed by atoms with Crippen molar-refractivity contribution in [3.63, 3.8) is 0 Å². The predicted molar refractivity (Wildman–Crippen MR) is 82.4 cm³/mol. The van der Waals surface area contributed by atoms with Gasteiger partial charge < -0.3 is 10.2 Å². The van der Waals surface area contributed by atoms with Gasteiger partial charge in [0.25, 0.3) is 0 Å². The van der Waals surface area contributed by atoms with E-state index in [1.165, 1.54) is 44.4 Å². The van der Waals surface area contributed by atoms with E-state index in [9.17, 15) is 0 Å². The molecule has 0 spiro atoms. The van der Waals surface area contributed by atoms with E-state index in [-0.39, 0.29) is 0 Å². The summed E-state index contributed by atoms with van der Waals surface area (Å²) in [4.78, 5) is 2.64. The number of piperidine rings is 2. The molecule has 3 heteroatoms. The normalized spacial score (nSPS) is 33.7. The van der Waals surface area contributed by atoms with Crippen LogP contribution in [0.4, 0.5) is 0 Å². The Morgan fingerprint density at radius 1 is 1.17 bits per heavy atom. The first-order valence-electron chi connectivity index (χ1n) is 7.55. The smallest absolute Gasteiger partial charge is 0.0110 e. The van der Waals surface area contributed by atoms with E-state index < -0.39 is 0 Å². The minimum atomic E-state index is 0.408. The van der Waals surface area contributed by atoms with Crippen LogP contribution in [0.5, 0.6) is 0 Å². The molecule has 2 saturated heterocycles. The Labute approximate surface area is 117 Å². The van der Waals surface area contributed by atoms with Gasteiger partial charge in [0, 0.05) is 35.2 Å². The van der Waals surface area contributed by atoms with Crippen LogP contribution in [-0.4, -0.2) is 47.1 Å². The predicted octanol–water partition coefficient (Wildman–Crippen LogP) is 3.12. The fourth-order valence-electron chi connectivity index (χ4n) is 3.40. The van der Waals surface area contributed by atoms with Gasteiger partial charge >= 0.3 is 0 Å². The van der Waals surface area contributed by atoms with Gasteiger partial charge in [0.2, 0.25) is 0 Å². The van der Waals surface area contributed by atoms with Crippen molar-refractivity contribution in [3.8, 4) is 0 Å². The average molecular weight is 270 g/mol. The molecular weight excluding hydrogens is 240 g/mol. The number of thioether (sulfide) groups is 1. The summed E-state index contributed by atoms with van der Waals surface area (Å²) in [5.74, 6) is 1.24. The summed E-state index contributed by atoms with van der Waals surface area (Å²) in [6.07, 6.45) is 7.02. The first-order valence-corrected chi connectivity index (χ1v) is 8.53. The molecule has 2 aliphatic heterocycles. The zero-order valence-corrected chi connectivity index (χ0v) is 13.4. The summed E-state index contributed by atoms with van der Waals surface area (Å²) in [5.41, 5.74) is 0. The number of hydrogen-bond donors (Lipinski definition) is 1. The van der Waals surface area contributed by atoms with Gasteiger partial charge in [-0.05, 0) is 32.7 Å². The van der Waals surface area contributed by atoms with E-state index in [1.807, 2.05) is 0 Å². The molecule has 2 aliphatic rings. The minimum Gasteiger partial charge on any atom is -0.313 e. The van der Waals surface area contributed by atoms with E-state index in [0.29, 0.717) is 4.75 Å². The molecule has 0 aromatic rings. The van der Waals surface area contributed by atoms with Crippen LogP contribution in [-0.2, 0) is 0 Å². The van der Waals surface area contributed by atoms with Gasteiger partial charge in [-0.15, -0.1) is 0 Å². The van der Waals surface area contributed by atoms with Crippen molar-refractivity contribution in [2.45, 2.75) is 75.7 Å². The van der Waals surface area contributed by atoms with Crippen molar-refractivity contribution in [2.24, 2.45) is 0 Å². The second-order valence-electron chi connectivity index (χ2n) is 6.99. The van der Waals surface area contributed by atoms with E-state index in [2.05, 4.69) is 49.8 Å². The number of fused-ring (bicyclic) bond motifs is 2. The van der Waals surface area contributed by atoms with Crippen molar-refractivity contribution >= 4 is 11.8 Å². The summed E-state index contributed by atoms with van der Waals surface area (Å²) in [6.45, 7) is 8.09. The average Bonchev–Trinajstić information content (AvgIpc) is 2.24. The summed E-state index contributed by atoms with van der Waals surface area (Å²) in [5, 5.41) is 3.80. The second kappa shape index (κ2) is 6.15. The van der Waals surface area contributed by atoms with Gasteiger partial charge in [-0.1, -0.05) is 27.2 Å². The number of nitrogens with zero attached hydrogens (tertiary/aromatic N) is 1. The summed E-state index contributed by atoms with van der Waals surface area (Å²) in [7, 11) is 2.33. The SMILES string of the molecule is CN1C2CCCC1CC(NCCSC(C)(C)C)C2. The van der Waals surface area contributed by atoms with Crippen molar-refractivity contribution < 1.29 is 0 Å². The monoisotopic (exact) mass is 270 g/mol. The Morgan fingerprint density at radius 3 is 2.33 bits per heavy atom. The maximum Gasteiger partial charge on any atom is 0.0110 e. The number of rotatable bonds is 4. The maximum absolute atomic E-state index is 3.80. The van der Waals surface area contributed by atoms with Gasteiger partial charge in [-0.2, -0.15) is 11.8 Å².